The van der Waals surface area contributed by atoms with Crippen LogP contribution in [0.4, 0.5) is 5.69 Å². The monoisotopic (exact) mass is 397 g/mol. The molecule has 0 aliphatic carbocycles. The van der Waals surface area contributed by atoms with Crippen molar-refractivity contribution in [2.45, 2.75) is 11.3 Å². The molecule has 0 spiro atoms. The number of carbonyl (C=O) groups is 3. The highest BCUT2D eigenvalue weighted by Crippen LogP contribution is 2.26. The van der Waals surface area contributed by atoms with Crippen LogP contribution in [-0.2, 0) is 25.5 Å². The third-order valence-electron chi connectivity index (χ3n) is 3.91. The van der Waals surface area contributed by atoms with Crippen molar-refractivity contribution in [2.24, 2.45) is 5.73 Å². The Balaban J connectivity index is 1.53. The topological polar surface area (TPSA) is 114 Å². The summed E-state index contributed by atoms with van der Waals surface area (Å²) in [6.45, 7) is -0.393. The van der Waals surface area contributed by atoms with Gasteiger partial charge in [0.2, 0.25) is 5.91 Å². The van der Waals surface area contributed by atoms with Crippen LogP contribution in [0.1, 0.15) is 5.56 Å². The van der Waals surface area contributed by atoms with Gasteiger partial charge in [0.15, 0.2) is 6.61 Å². The van der Waals surface area contributed by atoms with E-state index in [1.807, 2.05) is 24.3 Å². The van der Waals surface area contributed by atoms with Crippen LogP contribution in [0.25, 0.3) is 10.9 Å². The number of H-pyrrole nitrogens is 1. The molecule has 3 rings (SSSR count). The Morgan fingerprint density at radius 1 is 1.07 bits per heavy atom. The first-order valence-corrected chi connectivity index (χ1v) is 9.52. The molecule has 0 bridgehead atoms. The molecule has 144 valence electrons. The molecule has 4 N–H and O–H groups in total. The van der Waals surface area contributed by atoms with E-state index >= 15 is 0 Å². The average molecular weight is 397 g/mol. The van der Waals surface area contributed by atoms with Crippen LogP contribution in [0, 0.1) is 0 Å². The summed E-state index contributed by atoms with van der Waals surface area (Å²) in [4.78, 5) is 39.0. The van der Waals surface area contributed by atoms with Crippen LogP contribution in [0.3, 0.4) is 0 Å². The zero-order chi connectivity index (χ0) is 19.9. The van der Waals surface area contributed by atoms with Crippen LogP contribution >= 0.6 is 11.8 Å². The van der Waals surface area contributed by atoms with Crippen molar-refractivity contribution in [3.05, 3.63) is 60.3 Å². The van der Waals surface area contributed by atoms with Crippen LogP contribution < -0.4 is 11.1 Å². The van der Waals surface area contributed by atoms with Gasteiger partial charge in [-0.15, -0.1) is 11.8 Å². The molecule has 0 aliphatic rings. The highest BCUT2D eigenvalue weighted by molar-refractivity contribution is 8.00. The summed E-state index contributed by atoms with van der Waals surface area (Å²) in [5.41, 5.74) is 7.44. The minimum Gasteiger partial charge on any atom is -0.455 e. The summed E-state index contributed by atoms with van der Waals surface area (Å²) in [5, 5.41) is 3.63. The Labute approximate surface area is 165 Å². The van der Waals surface area contributed by atoms with E-state index in [1.165, 1.54) is 11.8 Å². The highest BCUT2D eigenvalue weighted by Gasteiger charge is 2.13. The first-order chi connectivity index (χ1) is 13.5. The Kier molecular flexibility index (Phi) is 6.33. The Hall–Kier alpha value is -3.26. The molecule has 7 nitrogen and oxygen atoms in total. The highest BCUT2D eigenvalue weighted by atomic mass is 32.2. The number of benzene rings is 2. The fraction of sp³-hybridized carbons (Fsp3) is 0.150. The van der Waals surface area contributed by atoms with Gasteiger partial charge in [0, 0.05) is 22.0 Å². The number of aromatic amines is 1. The standard InChI is InChI=1S/C20H19N3O4S/c21-18(24)12-28-17-8-4-3-7-16(17)23-19(25)11-27-20(26)9-13-10-22-15-6-2-1-5-14(13)15/h1-8,10,22H,9,11-12H2,(H2,21,24)(H,23,25). The Morgan fingerprint density at radius 3 is 2.64 bits per heavy atom. The van der Waals surface area contributed by atoms with E-state index < -0.39 is 24.4 Å². The number of primary amides is 1. The lowest BCUT2D eigenvalue weighted by Crippen LogP contribution is -2.22. The van der Waals surface area contributed by atoms with E-state index in [0.717, 1.165) is 16.5 Å². The molecule has 0 atom stereocenters. The third-order valence-corrected chi connectivity index (χ3v) is 5.00. The van der Waals surface area contributed by atoms with Gasteiger partial charge in [-0.1, -0.05) is 30.3 Å². The van der Waals surface area contributed by atoms with Crippen molar-refractivity contribution >= 4 is 46.1 Å². The molecule has 0 radical (unpaired) electrons. The lowest BCUT2D eigenvalue weighted by molar-refractivity contribution is -0.146. The van der Waals surface area contributed by atoms with Crippen LogP contribution in [0.2, 0.25) is 0 Å². The maximum absolute atomic E-state index is 12.1. The summed E-state index contributed by atoms with van der Waals surface area (Å²) >= 11 is 1.22. The van der Waals surface area contributed by atoms with Crippen LogP contribution in [0.15, 0.2) is 59.6 Å². The summed E-state index contributed by atoms with van der Waals surface area (Å²) in [5.74, 6) is -1.29. The summed E-state index contributed by atoms with van der Waals surface area (Å²) in [6, 6.07) is 14.7. The van der Waals surface area contributed by atoms with Gasteiger partial charge in [-0.3, -0.25) is 14.4 Å². The molecule has 0 aliphatic heterocycles. The molecule has 28 heavy (non-hydrogen) atoms. The second-order valence-corrected chi connectivity index (χ2v) is 7.01. The van der Waals surface area contributed by atoms with Crippen molar-refractivity contribution in [3.63, 3.8) is 0 Å². The van der Waals surface area contributed by atoms with E-state index in [2.05, 4.69) is 10.3 Å². The number of hydrogen-bond donors (Lipinski definition) is 3. The molecule has 1 aromatic heterocycles. The molecular formula is C20H19N3O4S. The van der Waals surface area contributed by atoms with Gasteiger partial charge < -0.3 is 20.8 Å². The first-order valence-electron chi connectivity index (χ1n) is 8.53. The van der Waals surface area contributed by atoms with E-state index in [4.69, 9.17) is 10.5 Å². The Bertz CT molecular complexity index is 1020. The predicted octanol–water partition coefficient (Wildman–Crippen LogP) is 2.47. The van der Waals surface area contributed by atoms with Crippen molar-refractivity contribution in [3.8, 4) is 0 Å². The molecule has 2 aromatic carbocycles. The molecular weight excluding hydrogens is 378 g/mol. The maximum Gasteiger partial charge on any atom is 0.310 e. The minimum absolute atomic E-state index is 0.0718. The molecule has 1 heterocycles. The number of hydrogen-bond acceptors (Lipinski definition) is 5. The molecule has 0 saturated carbocycles. The molecule has 0 unspecified atom stereocenters. The van der Waals surface area contributed by atoms with E-state index in [0.29, 0.717) is 10.6 Å². The summed E-state index contributed by atoms with van der Waals surface area (Å²) < 4.78 is 5.09. The average Bonchev–Trinajstić information content (AvgIpc) is 3.08. The maximum atomic E-state index is 12.1. The SMILES string of the molecule is NC(=O)CSc1ccccc1NC(=O)COC(=O)Cc1c[nH]c2ccccc12. The molecule has 0 saturated heterocycles. The minimum atomic E-state index is -0.490. The summed E-state index contributed by atoms with van der Waals surface area (Å²) in [7, 11) is 0. The zero-order valence-corrected chi connectivity index (χ0v) is 15.8. The zero-order valence-electron chi connectivity index (χ0n) is 14.9. The van der Waals surface area contributed by atoms with Crippen molar-refractivity contribution in [1.29, 1.82) is 0 Å². The van der Waals surface area contributed by atoms with Gasteiger partial charge in [-0.25, -0.2) is 0 Å². The van der Waals surface area contributed by atoms with Gasteiger partial charge >= 0.3 is 5.97 Å². The van der Waals surface area contributed by atoms with Gasteiger partial charge in [0.05, 0.1) is 17.9 Å². The van der Waals surface area contributed by atoms with E-state index in [-0.39, 0.29) is 12.2 Å². The lowest BCUT2D eigenvalue weighted by atomic mass is 10.1. The number of amides is 2. The third kappa shape index (κ3) is 5.14. The smallest absolute Gasteiger partial charge is 0.310 e. The van der Waals surface area contributed by atoms with Gasteiger partial charge in [0.25, 0.3) is 5.91 Å². The van der Waals surface area contributed by atoms with Gasteiger partial charge in [-0.05, 0) is 23.8 Å². The molecule has 0 fully saturated rings. The molecule has 3 aromatic rings. The summed E-state index contributed by atoms with van der Waals surface area (Å²) in [6.07, 6.45) is 1.83. The number of thioether (sulfide) groups is 1. The van der Waals surface area contributed by atoms with Crippen molar-refractivity contribution < 1.29 is 19.1 Å². The predicted molar refractivity (Wildman–Crippen MR) is 108 cm³/mol. The second-order valence-electron chi connectivity index (χ2n) is 6.00. The Morgan fingerprint density at radius 2 is 1.82 bits per heavy atom. The number of ether oxygens (including phenoxy) is 1. The number of carbonyl (C=O) groups excluding carboxylic acids is 3. The van der Waals surface area contributed by atoms with Crippen LogP contribution in [0.5, 0.6) is 0 Å². The number of fused-ring (bicyclic) bond motifs is 1. The molecule has 2 amide bonds. The second kappa shape index (κ2) is 9.09. The van der Waals surface area contributed by atoms with Gasteiger partial charge in [0.1, 0.15) is 0 Å². The quantitative estimate of drug-likeness (QED) is 0.399. The van der Waals surface area contributed by atoms with Crippen LogP contribution in [-0.4, -0.2) is 35.1 Å². The fourth-order valence-corrected chi connectivity index (χ4v) is 3.41. The van der Waals surface area contributed by atoms with E-state index in [9.17, 15) is 14.4 Å². The van der Waals surface area contributed by atoms with E-state index in [1.54, 1.807) is 30.5 Å². The largest absolute Gasteiger partial charge is 0.455 e. The number of esters is 1. The number of nitrogens with one attached hydrogen (secondary N) is 2. The molecule has 8 heteroatoms. The number of aromatic nitrogens is 1. The van der Waals surface area contributed by atoms with Crippen molar-refractivity contribution in [1.82, 2.24) is 4.98 Å². The number of nitrogens with two attached hydrogens (primary N) is 1. The number of rotatable bonds is 8. The first kappa shape index (κ1) is 19.5. The van der Waals surface area contributed by atoms with Crippen molar-refractivity contribution in [2.75, 3.05) is 17.7 Å². The van der Waals surface area contributed by atoms with Gasteiger partial charge in [-0.2, -0.15) is 0 Å². The normalized spacial score (nSPS) is 10.6. The number of anilines is 1. The number of para-hydroxylation sites is 2. The lowest BCUT2D eigenvalue weighted by Gasteiger charge is -2.10. The fourth-order valence-electron chi connectivity index (χ4n) is 2.66.